The third-order valence-corrected chi connectivity index (χ3v) is 4.54. The molecule has 8 heteroatoms. The molecule has 26 heavy (non-hydrogen) atoms. The summed E-state index contributed by atoms with van der Waals surface area (Å²) in [4.78, 5) is 14.7. The molecule has 1 aromatic carbocycles. The molecule has 0 radical (unpaired) electrons. The van der Waals surface area contributed by atoms with Crippen molar-refractivity contribution in [2.45, 2.75) is 19.6 Å². The van der Waals surface area contributed by atoms with Crippen LogP contribution in [0.2, 0.25) is 0 Å². The topological polar surface area (TPSA) is 81.9 Å². The molecule has 0 aliphatic carbocycles. The van der Waals surface area contributed by atoms with Gasteiger partial charge in [-0.05, 0) is 24.6 Å². The molecule has 8 nitrogen and oxygen atoms in total. The molecule has 0 aromatic heterocycles. The lowest BCUT2D eigenvalue weighted by Crippen LogP contribution is -3.15. The smallest absolute Gasteiger partial charge is 0.410 e. The predicted octanol–water partition coefficient (Wildman–Crippen LogP) is -0.350. The second-order valence-electron chi connectivity index (χ2n) is 6.50. The standard InChI is InChI=1S/C18H26N2O6/c1-2-24-18(22)20-7-5-19(6-8-20)10-15(21)12-23-11-14-3-4-16-17(9-14)26-13-25-16/h3-4,9,15,21H,2,5-8,10-13H2,1H3/p+1/t15-/m0/s1. The van der Waals surface area contributed by atoms with Gasteiger partial charge >= 0.3 is 6.09 Å². The summed E-state index contributed by atoms with van der Waals surface area (Å²) in [5.74, 6) is 1.48. The van der Waals surface area contributed by atoms with Crippen LogP contribution in [0.25, 0.3) is 0 Å². The van der Waals surface area contributed by atoms with E-state index < -0.39 is 6.10 Å². The fraction of sp³-hybridized carbons (Fsp3) is 0.611. The second-order valence-corrected chi connectivity index (χ2v) is 6.50. The number of nitrogens with zero attached hydrogens (tertiary/aromatic N) is 1. The summed E-state index contributed by atoms with van der Waals surface area (Å²) in [6.07, 6.45) is -0.785. The molecule has 1 atom stereocenters. The number of piperazine rings is 1. The first-order valence-corrected chi connectivity index (χ1v) is 9.05. The van der Waals surface area contributed by atoms with E-state index in [1.165, 1.54) is 4.90 Å². The molecular formula is C18H27N2O6+. The summed E-state index contributed by atoms with van der Waals surface area (Å²) in [7, 11) is 0. The molecule has 0 unspecified atom stereocenters. The minimum absolute atomic E-state index is 0.251. The number of quaternary nitrogens is 1. The Morgan fingerprint density at radius 1 is 1.31 bits per heavy atom. The van der Waals surface area contributed by atoms with E-state index in [9.17, 15) is 9.90 Å². The lowest BCUT2D eigenvalue weighted by atomic mass is 10.2. The molecule has 2 heterocycles. The Morgan fingerprint density at radius 3 is 2.85 bits per heavy atom. The van der Waals surface area contributed by atoms with Gasteiger partial charge in [0, 0.05) is 0 Å². The maximum Gasteiger partial charge on any atom is 0.410 e. The van der Waals surface area contributed by atoms with Gasteiger partial charge in [0.2, 0.25) is 6.79 Å². The van der Waals surface area contributed by atoms with Crippen LogP contribution >= 0.6 is 0 Å². The van der Waals surface area contributed by atoms with Crippen molar-refractivity contribution in [3.8, 4) is 11.5 Å². The number of fused-ring (bicyclic) bond motifs is 1. The van der Waals surface area contributed by atoms with Crippen LogP contribution in [0.4, 0.5) is 4.79 Å². The fourth-order valence-corrected chi connectivity index (χ4v) is 3.16. The molecule has 2 aliphatic heterocycles. The zero-order valence-corrected chi connectivity index (χ0v) is 15.1. The highest BCUT2D eigenvalue weighted by molar-refractivity contribution is 5.67. The molecule has 0 bridgehead atoms. The summed E-state index contributed by atoms with van der Waals surface area (Å²) in [5, 5.41) is 10.2. The van der Waals surface area contributed by atoms with Gasteiger partial charge in [-0.25, -0.2) is 4.79 Å². The van der Waals surface area contributed by atoms with Crippen LogP contribution in [0.3, 0.4) is 0 Å². The molecule has 2 N–H and O–H groups in total. The Balaban J connectivity index is 1.33. The van der Waals surface area contributed by atoms with Crippen LogP contribution in [0.5, 0.6) is 11.5 Å². The number of aliphatic hydroxyl groups is 1. The van der Waals surface area contributed by atoms with Gasteiger partial charge in [-0.1, -0.05) is 6.07 Å². The van der Waals surface area contributed by atoms with Gasteiger partial charge in [0.25, 0.3) is 0 Å². The molecule has 1 amide bonds. The second kappa shape index (κ2) is 9.07. The monoisotopic (exact) mass is 367 g/mol. The van der Waals surface area contributed by atoms with Crippen LogP contribution in [0.15, 0.2) is 18.2 Å². The highest BCUT2D eigenvalue weighted by Crippen LogP contribution is 2.32. The Bertz CT molecular complexity index is 603. The average molecular weight is 367 g/mol. The molecule has 2 aliphatic rings. The number of carbonyl (C=O) groups is 1. The lowest BCUT2D eigenvalue weighted by molar-refractivity contribution is -0.907. The SMILES string of the molecule is CCOC(=O)N1CC[NH+](C[C@H](O)COCc2ccc3c(c2)OCO3)CC1. The number of amides is 1. The van der Waals surface area contributed by atoms with Crippen LogP contribution in [0.1, 0.15) is 12.5 Å². The Morgan fingerprint density at radius 2 is 2.08 bits per heavy atom. The zero-order valence-electron chi connectivity index (χ0n) is 15.1. The number of nitrogens with one attached hydrogen (secondary N) is 1. The van der Waals surface area contributed by atoms with Crippen molar-refractivity contribution >= 4 is 6.09 Å². The van der Waals surface area contributed by atoms with Gasteiger partial charge < -0.3 is 29.0 Å². The van der Waals surface area contributed by atoms with Gasteiger partial charge in [0.15, 0.2) is 11.5 Å². The maximum absolute atomic E-state index is 11.7. The van der Waals surface area contributed by atoms with Gasteiger partial charge in [0.05, 0.1) is 46.0 Å². The molecule has 144 valence electrons. The summed E-state index contributed by atoms with van der Waals surface area (Å²) in [6.45, 7) is 6.67. The van der Waals surface area contributed by atoms with E-state index >= 15 is 0 Å². The molecular weight excluding hydrogens is 340 g/mol. The van der Waals surface area contributed by atoms with Gasteiger partial charge in [-0.3, -0.25) is 4.90 Å². The van der Waals surface area contributed by atoms with Crippen molar-refractivity contribution in [1.29, 1.82) is 0 Å². The third kappa shape index (κ3) is 5.00. The van der Waals surface area contributed by atoms with E-state index in [0.717, 1.165) is 30.2 Å². The summed E-state index contributed by atoms with van der Waals surface area (Å²) < 4.78 is 21.3. The fourth-order valence-electron chi connectivity index (χ4n) is 3.16. The van der Waals surface area contributed by atoms with Crippen molar-refractivity contribution < 1.29 is 33.7 Å². The zero-order chi connectivity index (χ0) is 18.4. The number of aliphatic hydroxyl groups excluding tert-OH is 1. The van der Waals surface area contributed by atoms with Gasteiger partial charge in [-0.15, -0.1) is 0 Å². The first-order chi connectivity index (χ1) is 12.7. The third-order valence-electron chi connectivity index (χ3n) is 4.54. The van der Waals surface area contributed by atoms with Gasteiger partial charge in [-0.2, -0.15) is 0 Å². The summed E-state index contributed by atoms with van der Waals surface area (Å²) >= 11 is 0. The number of hydrogen-bond donors (Lipinski definition) is 2. The number of carbonyl (C=O) groups excluding carboxylic acids is 1. The summed E-state index contributed by atoms with van der Waals surface area (Å²) in [6, 6.07) is 5.69. The van der Waals surface area contributed by atoms with Gasteiger partial charge in [0.1, 0.15) is 12.6 Å². The van der Waals surface area contributed by atoms with Crippen LogP contribution in [-0.4, -0.2) is 74.9 Å². The first kappa shape index (κ1) is 18.8. The molecule has 1 saturated heterocycles. The lowest BCUT2D eigenvalue weighted by Gasteiger charge is -2.32. The minimum atomic E-state index is -0.534. The Kier molecular flexibility index (Phi) is 6.54. The predicted molar refractivity (Wildman–Crippen MR) is 92.4 cm³/mol. The normalized spacial score (nSPS) is 18.0. The molecule has 0 spiro atoms. The van der Waals surface area contributed by atoms with Crippen molar-refractivity contribution in [1.82, 2.24) is 4.90 Å². The van der Waals surface area contributed by atoms with Crippen molar-refractivity contribution in [2.75, 3.05) is 52.7 Å². The number of ether oxygens (including phenoxy) is 4. The van der Waals surface area contributed by atoms with Crippen LogP contribution in [-0.2, 0) is 16.1 Å². The minimum Gasteiger partial charge on any atom is -0.454 e. The molecule has 3 rings (SSSR count). The quantitative estimate of drug-likeness (QED) is 0.686. The largest absolute Gasteiger partial charge is 0.454 e. The van der Waals surface area contributed by atoms with E-state index in [4.69, 9.17) is 18.9 Å². The summed E-state index contributed by atoms with van der Waals surface area (Å²) in [5.41, 5.74) is 0.983. The van der Waals surface area contributed by atoms with E-state index in [2.05, 4.69) is 0 Å². The highest BCUT2D eigenvalue weighted by atomic mass is 16.7. The molecule has 0 saturated carbocycles. The molecule has 1 fully saturated rings. The van der Waals surface area contributed by atoms with Crippen molar-refractivity contribution in [2.24, 2.45) is 0 Å². The van der Waals surface area contributed by atoms with E-state index in [1.54, 1.807) is 11.8 Å². The van der Waals surface area contributed by atoms with E-state index in [-0.39, 0.29) is 19.5 Å². The van der Waals surface area contributed by atoms with E-state index in [0.29, 0.717) is 32.8 Å². The molecule has 1 aromatic rings. The maximum atomic E-state index is 11.7. The number of benzene rings is 1. The Labute approximate surface area is 153 Å². The number of hydrogen-bond acceptors (Lipinski definition) is 6. The van der Waals surface area contributed by atoms with Crippen molar-refractivity contribution in [3.05, 3.63) is 23.8 Å². The number of rotatable bonds is 7. The average Bonchev–Trinajstić information content (AvgIpc) is 3.10. The highest BCUT2D eigenvalue weighted by Gasteiger charge is 2.26. The van der Waals surface area contributed by atoms with Crippen LogP contribution < -0.4 is 14.4 Å². The Hall–Kier alpha value is -2.03. The van der Waals surface area contributed by atoms with Crippen molar-refractivity contribution in [3.63, 3.8) is 0 Å². The van der Waals surface area contributed by atoms with Crippen LogP contribution in [0, 0.1) is 0 Å². The first-order valence-electron chi connectivity index (χ1n) is 9.05. The van der Waals surface area contributed by atoms with E-state index in [1.807, 2.05) is 18.2 Å².